The van der Waals surface area contributed by atoms with E-state index in [9.17, 15) is 0 Å². The Kier molecular flexibility index (Phi) is 3.99. The molecular formula is C17H19NOS. The molecule has 3 rings (SSSR count). The third-order valence-corrected chi connectivity index (χ3v) is 4.88. The highest BCUT2D eigenvalue weighted by molar-refractivity contribution is 7.99. The summed E-state index contributed by atoms with van der Waals surface area (Å²) in [6.45, 7) is 3.47. The van der Waals surface area contributed by atoms with Crippen LogP contribution in [0.4, 0.5) is 0 Å². The lowest BCUT2D eigenvalue weighted by atomic mass is 9.99. The van der Waals surface area contributed by atoms with Gasteiger partial charge in [-0.1, -0.05) is 42.0 Å². The number of aryl methyl sites for hydroxylation is 1. The van der Waals surface area contributed by atoms with Gasteiger partial charge < -0.3 is 10.5 Å². The van der Waals surface area contributed by atoms with Crippen LogP contribution in [0.25, 0.3) is 0 Å². The van der Waals surface area contributed by atoms with Crippen molar-refractivity contribution in [3.05, 3.63) is 64.7 Å². The van der Waals surface area contributed by atoms with Crippen LogP contribution < -0.4 is 10.5 Å². The van der Waals surface area contributed by atoms with Crippen LogP contribution in [0.5, 0.6) is 5.75 Å². The Bertz CT molecular complexity index is 612. The maximum absolute atomic E-state index is 6.00. The lowest BCUT2D eigenvalue weighted by molar-refractivity contribution is 0.307. The minimum absolute atomic E-state index is 0.312. The van der Waals surface area contributed by atoms with Gasteiger partial charge in [0.05, 0.1) is 5.25 Å². The Hall–Kier alpha value is -1.45. The first kappa shape index (κ1) is 13.5. The maximum Gasteiger partial charge on any atom is 0.124 e. The van der Waals surface area contributed by atoms with Crippen LogP contribution >= 0.6 is 11.8 Å². The Balaban J connectivity index is 2.10. The molecule has 1 aliphatic rings. The first-order valence-electron chi connectivity index (χ1n) is 6.92. The summed E-state index contributed by atoms with van der Waals surface area (Å²) in [4.78, 5) is 0. The molecule has 0 spiro atoms. The van der Waals surface area contributed by atoms with Gasteiger partial charge in [-0.05, 0) is 24.1 Å². The molecule has 0 saturated heterocycles. The van der Waals surface area contributed by atoms with Gasteiger partial charge in [-0.25, -0.2) is 0 Å². The lowest BCUT2D eigenvalue weighted by Crippen LogP contribution is -2.06. The van der Waals surface area contributed by atoms with Crippen LogP contribution in [-0.4, -0.2) is 12.3 Å². The number of rotatable bonds is 3. The molecule has 0 fully saturated rings. The predicted molar refractivity (Wildman–Crippen MR) is 85.3 cm³/mol. The van der Waals surface area contributed by atoms with Crippen LogP contribution in [0.2, 0.25) is 0 Å². The summed E-state index contributed by atoms with van der Waals surface area (Å²) in [5.41, 5.74) is 10.9. The summed E-state index contributed by atoms with van der Waals surface area (Å²) >= 11 is 1.90. The fraction of sp³-hybridized carbons (Fsp3) is 0.294. The van der Waals surface area contributed by atoms with Gasteiger partial charge in [-0.2, -0.15) is 0 Å². The summed E-state index contributed by atoms with van der Waals surface area (Å²) in [5.74, 6) is 1.95. The molecule has 0 aliphatic carbocycles. The summed E-state index contributed by atoms with van der Waals surface area (Å²) in [6.07, 6.45) is 0. The topological polar surface area (TPSA) is 35.2 Å². The van der Waals surface area contributed by atoms with Crippen LogP contribution in [0, 0.1) is 6.92 Å². The monoisotopic (exact) mass is 285 g/mol. The lowest BCUT2D eigenvalue weighted by Gasteiger charge is -2.18. The first-order chi connectivity index (χ1) is 9.79. The number of ether oxygens (including phenoxy) is 1. The second-order valence-corrected chi connectivity index (χ2v) is 6.28. The number of nitrogens with two attached hydrogens (primary N) is 1. The molecule has 0 aromatic heterocycles. The molecule has 0 bridgehead atoms. The van der Waals surface area contributed by atoms with Crippen molar-refractivity contribution in [3.63, 3.8) is 0 Å². The fourth-order valence-electron chi connectivity index (χ4n) is 2.61. The second-order valence-electron chi connectivity index (χ2n) is 5.07. The Morgan fingerprint density at radius 3 is 2.90 bits per heavy atom. The van der Waals surface area contributed by atoms with Gasteiger partial charge in [0.25, 0.3) is 0 Å². The molecule has 2 nitrogen and oxygen atoms in total. The molecule has 1 atom stereocenters. The molecule has 2 N–H and O–H groups in total. The van der Waals surface area contributed by atoms with Gasteiger partial charge in [-0.3, -0.25) is 0 Å². The van der Waals surface area contributed by atoms with E-state index in [0.29, 0.717) is 18.4 Å². The molecule has 1 aliphatic heterocycles. The van der Waals surface area contributed by atoms with Gasteiger partial charge in [0.2, 0.25) is 0 Å². The molecule has 0 saturated carbocycles. The number of thioether (sulfide) groups is 1. The van der Waals surface area contributed by atoms with E-state index in [2.05, 4.69) is 49.4 Å². The van der Waals surface area contributed by atoms with Crippen molar-refractivity contribution in [1.29, 1.82) is 0 Å². The van der Waals surface area contributed by atoms with Gasteiger partial charge >= 0.3 is 0 Å². The van der Waals surface area contributed by atoms with Crippen molar-refractivity contribution in [3.8, 4) is 5.75 Å². The summed E-state index contributed by atoms with van der Waals surface area (Å²) in [6, 6.07) is 15.0. The van der Waals surface area contributed by atoms with Gasteiger partial charge in [0, 0.05) is 17.9 Å². The molecule has 0 radical (unpaired) electrons. The molecule has 104 valence electrons. The van der Waals surface area contributed by atoms with E-state index in [-0.39, 0.29) is 0 Å². The number of hydrogen-bond acceptors (Lipinski definition) is 3. The fourth-order valence-corrected chi connectivity index (χ4v) is 3.76. The van der Waals surface area contributed by atoms with Crippen molar-refractivity contribution in [2.45, 2.75) is 18.8 Å². The highest BCUT2D eigenvalue weighted by Gasteiger charge is 2.24. The Morgan fingerprint density at radius 1 is 1.20 bits per heavy atom. The molecular weight excluding hydrogens is 266 g/mol. The quantitative estimate of drug-likeness (QED) is 0.934. The molecule has 20 heavy (non-hydrogen) atoms. The van der Waals surface area contributed by atoms with Crippen molar-refractivity contribution in [2.24, 2.45) is 5.73 Å². The van der Waals surface area contributed by atoms with E-state index in [1.165, 1.54) is 22.3 Å². The number of benzene rings is 2. The van der Waals surface area contributed by atoms with Crippen LogP contribution in [0.3, 0.4) is 0 Å². The molecule has 2 aromatic rings. The maximum atomic E-state index is 6.00. The van der Waals surface area contributed by atoms with Crippen molar-refractivity contribution in [2.75, 3.05) is 12.3 Å². The summed E-state index contributed by atoms with van der Waals surface area (Å²) in [5, 5.41) is 0.312. The normalized spacial score (nSPS) is 16.8. The summed E-state index contributed by atoms with van der Waals surface area (Å²) < 4.78 is 6.00. The van der Waals surface area contributed by atoms with Crippen LogP contribution in [0.1, 0.15) is 27.5 Å². The van der Waals surface area contributed by atoms with Crippen molar-refractivity contribution in [1.82, 2.24) is 0 Å². The van der Waals surface area contributed by atoms with Gasteiger partial charge in [0.15, 0.2) is 0 Å². The zero-order chi connectivity index (χ0) is 13.9. The molecule has 2 aromatic carbocycles. The minimum atomic E-state index is 0.312. The Labute approximate surface area is 124 Å². The number of fused-ring (bicyclic) bond motifs is 2. The largest absolute Gasteiger partial charge is 0.489 e. The molecule has 1 unspecified atom stereocenters. The predicted octanol–water partition coefficient (Wildman–Crippen LogP) is 3.67. The standard InChI is InChI=1S/C17H19NOS/c1-12-6-7-16-15(10-12)17(20-9-8-18)14-5-3-2-4-13(14)11-19-16/h2-7,10,17H,8-9,11,18H2,1H3. The van der Waals surface area contributed by atoms with Gasteiger partial charge in [0.1, 0.15) is 12.4 Å². The average molecular weight is 285 g/mol. The van der Waals surface area contributed by atoms with E-state index < -0.39 is 0 Å². The van der Waals surface area contributed by atoms with Crippen molar-refractivity contribution < 1.29 is 4.74 Å². The van der Waals surface area contributed by atoms with Crippen LogP contribution in [0.15, 0.2) is 42.5 Å². The third-order valence-electron chi connectivity index (χ3n) is 3.57. The number of hydrogen-bond donors (Lipinski definition) is 1. The second kappa shape index (κ2) is 5.90. The first-order valence-corrected chi connectivity index (χ1v) is 7.97. The van der Waals surface area contributed by atoms with Gasteiger partial charge in [-0.15, -0.1) is 11.8 Å². The SMILES string of the molecule is Cc1ccc2c(c1)C(SCCN)c1ccccc1CO2. The highest BCUT2D eigenvalue weighted by Crippen LogP contribution is 2.44. The van der Waals surface area contributed by atoms with E-state index in [0.717, 1.165) is 11.5 Å². The van der Waals surface area contributed by atoms with Crippen LogP contribution in [-0.2, 0) is 6.61 Å². The van der Waals surface area contributed by atoms with Crippen molar-refractivity contribution >= 4 is 11.8 Å². The zero-order valence-electron chi connectivity index (χ0n) is 11.6. The smallest absolute Gasteiger partial charge is 0.124 e. The molecule has 0 amide bonds. The molecule has 1 heterocycles. The Morgan fingerprint density at radius 2 is 2.05 bits per heavy atom. The highest BCUT2D eigenvalue weighted by atomic mass is 32.2. The van der Waals surface area contributed by atoms with E-state index in [1.807, 2.05) is 11.8 Å². The van der Waals surface area contributed by atoms with E-state index in [4.69, 9.17) is 10.5 Å². The van der Waals surface area contributed by atoms with E-state index >= 15 is 0 Å². The minimum Gasteiger partial charge on any atom is -0.489 e. The van der Waals surface area contributed by atoms with E-state index in [1.54, 1.807) is 0 Å². The summed E-state index contributed by atoms with van der Waals surface area (Å²) in [7, 11) is 0. The average Bonchev–Trinajstić information content (AvgIpc) is 2.62. The third kappa shape index (κ3) is 2.56. The molecule has 3 heteroatoms. The zero-order valence-corrected chi connectivity index (χ0v) is 12.5.